The van der Waals surface area contributed by atoms with E-state index in [1.54, 1.807) is 0 Å². The zero-order valence-electron chi connectivity index (χ0n) is 26.7. The number of ether oxygens (including phenoxy) is 7. The smallest absolute Gasteiger partial charge is 0.332 e. The summed E-state index contributed by atoms with van der Waals surface area (Å²) in [6, 6.07) is 0. The van der Waals surface area contributed by atoms with E-state index < -0.39 is 5.60 Å². The third-order valence-electron chi connectivity index (χ3n) is 6.14. The van der Waals surface area contributed by atoms with Gasteiger partial charge in [0, 0.05) is 6.61 Å². The van der Waals surface area contributed by atoms with E-state index in [1.807, 2.05) is 20.8 Å². The van der Waals surface area contributed by atoms with E-state index in [4.69, 9.17) is 33.2 Å². The molecule has 40 heavy (non-hydrogen) atoms. The third kappa shape index (κ3) is 35.3. The maximum absolute atomic E-state index is 11.5. The molecular formula is C32H64O8. The van der Waals surface area contributed by atoms with Crippen LogP contribution in [-0.2, 0) is 38.0 Å². The Morgan fingerprint density at radius 2 is 0.725 bits per heavy atom. The molecule has 0 aliphatic heterocycles. The van der Waals surface area contributed by atoms with E-state index in [-0.39, 0.29) is 12.6 Å². The lowest BCUT2D eigenvalue weighted by Gasteiger charge is -2.19. The Balaban J connectivity index is 3.09. The van der Waals surface area contributed by atoms with Gasteiger partial charge in [-0.15, -0.1) is 0 Å². The van der Waals surface area contributed by atoms with E-state index in [0.717, 1.165) is 13.0 Å². The average molecular weight is 577 g/mol. The van der Waals surface area contributed by atoms with E-state index >= 15 is 0 Å². The molecule has 0 unspecified atom stereocenters. The Morgan fingerprint density at radius 1 is 0.425 bits per heavy atom. The number of carbonyl (C=O) groups excluding carboxylic acids is 1. The Bertz CT molecular complexity index is 510. The molecule has 0 saturated carbocycles. The molecule has 0 spiro atoms. The number of rotatable bonds is 32. The highest BCUT2D eigenvalue weighted by Crippen LogP contribution is 2.13. The molecule has 0 atom stereocenters. The normalized spacial score (nSPS) is 11.8. The summed E-state index contributed by atoms with van der Waals surface area (Å²) in [5, 5.41) is 0. The van der Waals surface area contributed by atoms with Crippen LogP contribution in [0.5, 0.6) is 0 Å². The quantitative estimate of drug-likeness (QED) is 0.0631. The van der Waals surface area contributed by atoms with Gasteiger partial charge < -0.3 is 33.2 Å². The van der Waals surface area contributed by atoms with Gasteiger partial charge in [-0.25, -0.2) is 4.79 Å². The predicted molar refractivity (Wildman–Crippen MR) is 161 cm³/mol. The molecule has 0 bridgehead atoms. The largest absolute Gasteiger partial charge is 0.458 e. The van der Waals surface area contributed by atoms with Crippen molar-refractivity contribution >= 4 is 5.97 Å². The van der Waals surface area contributed by atoms with Gasteiger partial charge in [-0.3, -0.25) is 0 Å². The van der Waals surface area contributed by atoms with Gasteiger partial charge in [-0.1, -0.05) is 90.4 Å². The first-order valence-corrected chi connectivity index (χ1v) is 16.1. The summed E-state index contributed by atoms with van der Waals surface area (Å²) in [7, 11) is 0. The molecule has 0 saturated heterocycles. The molecule has 0 radical (unpaired) electrons. The summed E-state index contributed by atoms with van der Waals surface area (Å²) in [5.74, 6) is -0.370. The fourth-order valence-corrected chi connectivity index (χ4v) is 4.02. The second-order valence-electron chi connectivity index (χ2n) is 11.3. The van der Waals surface area contributed by atoms with Crippen LogP contribution in [0.4, 0.5) is 0 Å². The van der Waals surface area contributed by atoms with Gasteiger partial charge in [0.25, 0.3) is 0 Å². The molecule has 0 aromatic heterocycles. The maximum Gasteiger partial charge on any atom is 0.332 e. The summed E-state index contributed by atoms with van der Waals surface area (Å²) in [6.07, 6.45) is 19.2. The van der Waals surface area contributed by atoms with Gasteiger partial charge in [0.2, 0.25) is 0 Å². The molecule has 0 rings (SSSR count). The number of esters is 1. The van der Waals surface area contributed by atoms with Crippen molar-refractivity contribution in [1.29, 1.82) is 0 Å². The van der Waals surface area contributed by atoms with Crippen LogP contribution in [0.3, 0.4) is 0 Å². The van der Waals surface area contributed by atoms with Crippen LogP contribution in [0.1, 0.15) is 118 Å². The van der Waals surface area contributed by atoms with Gasteiger partial charge in [0.1, 0.15) is 12.2 Å². The van der Waals surface area contributed by atoms with Crippen LogP contribution in [-0.4, -0.2) is 90.9 Å². The fourth-order valence-electron chi connectivity index (χ4n) is 4.02. The first-order valence-electron chi connectivity index (χ1n) is 16.1. The standard InChI is InChI=1S/C32H64O8/c1-5-6-7-8-9-10-11-12-13-14-15-16-17-18-19-34-20-21-35-22-23-36-24-25-37-26-27-38-28-29-39-30-31(33)40-32(2,3)4/h5-30H2,1-4H3. The molecular weight excluding hydrogens is 512 g/mol. The van der Waals surface area contributed by atoms with Gasteiger partial charge in [0.15, 0.2) is 0 Å². The van der Waals surface area contributed by atoms with Crippen LogP contribution < -0.4 is 0 Å². The summed E-state index contributed by atoms with van der Waals surface area (Å²) < 4.78 is 37.9. The van der Waals surface area contributed by atoms with Crippen molar-refractivity contribution < 1.29 is 38.0 Å². The van der Waals surface area contributed by atoms with Gasteiger partial charge in [-0.2, -0.15) is 0 Å². The molecule has 0 N–H and O–H groups in total. The predicted octanol–water partition coefficient (Wildman–Crippen LogP) is 6.91. The minimum absolute atomic E-state index is 0.0647. The summed E-state index contributed by atoms with van der Waals surface area (Å²) >= 11 is 0. The Morgan fingerprint density at radius 3 is 1.07 bits per heavy atom. The summed E-state index contributed by atoms with van der Waals surface area (Å²) in [4.78, 5) is 11.5. The molecule has 0 fully saturated rings. The second kappa shape index (κ2) is 31.2. The van der Waals surface area contributed by atoms with Crippen LogP contribution in [0.25, 0.3) is 0 Å². The SMILES string of the molecule is CCCCCCCCCCCCCCCCOCCOCCOCCOCCOCCOCC(=O)OC(C)(C)C. The average Bonchev–Trinajstić information content (AvgIpc) is 2.90. The minimum Gasteiger partial charge on any atom is -0.458 e. The molecule has 0 aliphatic carbocycles. The van der Waals surface area contributed by atoms with E-state index in [1.165, 1.54) is 83.5 Å². The summed E-state index contributed by atoms with van der Waals surface area (Å²) in [5.41, 5.74) is -0.495. The van der Waals surface area contributed by atoms with Crippen molar-refractivity contribution in [1.82, 2.24) is 0 Å². The van der Waals surface area contributed by atoms with Crippen molar-refractivity contribution in [2.24, 2.45) is 0 Å². The number of unbranched alkanes of at least 4 members (excludes halogenated alkanes) is 13. The van der Waals surface area contributed by atoms with Gasteiger partial charge in [0.05, 0.1) is 66.1 Å². The highest BCUT2D eigenvalue weighted by molar-refractivity contribution is 5.71. The fraction of sp³-hybridized carbons (Fsp3) is 0.969. The van der Waals surface area contributed by atoms with Crippen molar-refractivity contribution in [2.75, 3.05) is 79.3 Å². The zero-order chi connectivity index (χ0) is 29.4. The van der Waals surface area contributed by atoms with Crippen LogP contribution in [0.2, 0.25) is 0 Å². The van der Waals surface area contributed by atoms with Crippen molar-refractivity contribution in [3.8, 4) is 0 Å². The molecule has 240 valence electrons. The lowest BCUT2D eigenvalue weighted by atomic mass is 10.0. The third-order valence-corrected chi connectivity index (χ3v) is 6.14. The van der Waals surface area contributed by atoms with Gasteiger partial charge in [-0.05, 0) is 27.2 Å². The van der Waals surface area contributed by atoms with Crippen molar-refractivity contribution in [3.63, 3.8) is 0 Å². The summed E-state index contributed by atoms with van der Waals surface area (Å²) in [6.45, 7) is 13.6. The lowest BCUT2D eigenvalue weighted by molar-refractivity contribution is -0.160. The van der Waals surface area contributed by atoms with Crippen LogP contribution in [0.15, 0.2) is 0 Å². The zero-order valence-corrected chi connectivity index (χ0v) is 26.7. The molecule has 0 heterocycles. The van der Waals surface area contributed by atoms with E-state index in [2.05, 4.69) is 6.92 Å². The van der Waals surface area contributed by atoms with Gasteiger partial charge >= 0.3 is 5.97 Å². The lowest BCUT2D eigenvalue weighted by Crippen LogP contribution is -2.27. The topological polar surface area (TPSA) is 81.7 Å². The van der Waals surface area contributed by atoms with Crippen LogP contribution in [0, 0.1) is 0 Å². The number of hydrogen-bond acceptors (Lipinski definition) is 8. The minimum atomic E-state index is -0.495. The molecule has 8 nitrogen and oxygen atoms in total. The molecule has 0 aliphatic rings. The Labute approximate surface area is 246 Å². The second-order valence-corrected chi connectivity index (χ2v) is 11.3. The first kappa shape index (κ1) is 39.2. The Hall–Kier alpha value is -0.770. The molecule has 8 heteroatoms. The monoisotopic (exact) mass is 576 g/mol. The van der Waals surface area contributed by atoms with Crippen molar-refractivity contribution in [3.05, 3.63) is 0 Å². The highest BCUT2D eigenvalue weighted by Gasteiger charge is 2.15. The maximum atomic E-state index is 11.5. The molecule has 0 amide bonds. The highest BCUT2D eigenvalue weighted by atomic mass is 16.6. The van der Waals surface area contributed by atoms with E-state index in [9.17, 15) is 4.79 Å². The van der Waals surface area contributed by atoms with E-state index in [0.29, 0.717) is 66.1 Å². The number of hydrogen-bond donors (Lipinski definition) is 0. The molecule has 0 aromatic rings. The number of carbonyl (C=O) groups is 1. The van der Waals surface area contributed by atoms with Crippen molar-refractivity contribution in [2.45, 2.75) is 123 Å². The van der Waals surface area contributed by atoms with Crippen LogP contribution >= 0.6 is 0 Å². The Kier molecular flexibility index (Phi) is 30.6. The first-order chi connectivity index (χ1) is 19.5. The molecule has 0 aromatic carbocycles.